The van der Waals surface area contributed by atoms with Crippen molar-refractivity contribution in [2.45, 2.75) is 32.7 Å². The van der Waals surface area contributed by atoms with E-state index in [2.05, 4.69) is 34.8 Å². The van der Waals surface area contributed by atoms with Gasteiger partial charge >= 0.3 is 0 Å². The molecule has 2 N–H and O–H groups in total. The first-order valence-corrected chi connectivity index (χ1v) is 5.76. The van der Waals surface area contributed by atoms with Crippen molar-refractivity contribution in [2.24, 2.45) is 11.7 Å². The maximum absolute atomic E-state index is 6.02. The second-order valence-corrected chi connectivity index (χ2v) is 4.89. The van der Waals surface area contributed by atoms with Gasteiger partial charge in [-0.3, -0.25) is 4.98 Å². The second kappa shape index (κ2) is 7.20. The van der Waals surface area contributed by atoms with Crippen molar-refractivity contribution in [3.8, 4) is 0 Å². The first-order valence-electron chi connectivity index (χ1n) is 4.96. The van der Waals surface area contributed by atoms with E-state index in [0.29, 0.717) is 5.92 Å². The van der Waals surface area contributed by atoms with E-state index < -0.39 is 0 Å². The van der Waals surface area contributed by atoms with Gasteiger partial charge in [-0.1, -0.05) is 13.8 Å². The van der Waals surface area contributed by atoms with E-state index in [4.69, 9.17) is 5.73 Å². The molecule has 0 aliphatic heterocycles. The smallest absolute Gasteiger partial charge is 0.0571 e. The van der Waals surface area contributed by atoms with Gasteiger partial charge in [0.2, 0.25) is 0 Å². The van der Waals surface area contributed by atoms with Crippen molar-refractivity contribution in [1.82, 2.24) is 4.98 Å². The van der Waals surface area contributed by atoms with Gasteiger partial charge in [0.1, 0.15) is 0 Å². The van der Waals surface area contributed by atoms with E-state index in [9.17, 15) is 0 Å². The summed E-state index contributed by atoms with van der Waals surface area (Å²) in [6, 6.07) is 4.04. The molecule has 1 aromatic rings. The number of nitrogens with two attached hydrogens (primary N) is 1. The molecule has 2 nitrogen and oxygen atoms in total. The zero-order chi connectivity index (χ0) is 10.6. The molecule has 0 bridgehead atoms. The van der Waals surface area contributed by atoms with Gasteiger partial charge in [0.05, 0.1) is 5.69 Å². The van der Waals surface area contributed by atoms with E-state index in [0.717, 1.165) is 23.0 Å². The minimum atomic E-state index is 0. The molecule has 1 rings (SSSR count). The Hall–Kier alpha value is -0.120. The highest BCUT2D eigenvalue weighted by atomic mass is 79.9. The monoisotopic (exact) mass is 292 g/mol. The lowest BCUT2D eigenvalue weighted by molar-refractivity contribution is 0.501. The predicted molar refractivity (Wildman–Crippen MR) is 70.2 cm³/mol. The van der Waals surface area contributed by atoms with Crippen LogP contribution in [0.15, 0.2) is 22.8 Å². The molecule has 0 aliphatic carbocycles. The second-order valence-electron chi connectivity index (χ2n) is 3.98. The van der Waals surface area contributed by atoms with Crippen LogP contribution in [0.4, 0.5) is 0 Å². The quantitative estimate of drug-likeness (QED) is 0.919. The van der Waals surface area contributed by atoms with Crippen LogP contribution in [0.5, 0.6) is 0 Å². The summed E-state index contributed by atoms with van der Waals surface area (Å²) in [4.78, 5) is 4.28. The molecule has 0 amide bonds. The van der Waals surface area contributed by atoms with Gasteiger partial charge in [0.25, 0.3) is 0 Å². The van der Waals surface area contributed by atoms with Crippen molar-refractivity contribution in [1.29, 1.82) is 0 Å². The third kappa shape index (κ3) is 5.50. The highest BCUT2D eigenvalue weighted by Crippen LogP contribution is 2.18. The summed E-state index contributed by atoms with van der Waals surface area (Å²) in [5.74, 6) is 0.705. The third-order valence-electron chi connectivity index (χ3n) is 2.19. The Morgan fingerprint density at radius 2 is 2.00 bits per heavy atom. The van der Waals surface area contributed by atoms with Gasteiger partial charge in [0, 0.05) is 16.7 Å². The van der Waals surface area contributed by atoms with E-state index in [1.165, 1.54) is 0 Å². The minimum absolute atomic E-state index is 0. The van der Waals surface area contributed by atoms with Gasteiger partial charge in [-0.2, -0.15) is 0 Å². The van der Waals surface area contributed by atoms with Gasteiger partial charge in [-0.25, -0.2) is 0 Å². The van der Waals surface area contributed by atoms with Gasteiger partial charge in [-0.05, 0) is 46.8 Å². The number of halogens is 2. The lowest BCUT2D eigenvalue weighted by Gasteiger charge is -2.12. The molecular formula is C11H18BrClN2. The fraction of sp³-hybridized carbons (Fsp3) is 0.545. The summed E-state index contributed by atoms with van der Waals surface area (Å²) in [5.41, 5.74) is 7.00. The van der Waals surface area contributed by atoms with E-state index in [-0.39, 0.29) is 18.4 Å². The molecule has 1 atom stereocenters. The molecule has 86 valence electrons. The molecule has 0 saturated carbocycles. The number of hydrogen-bond acceptors (Lipinski definition) is 2. The Morgan fingerprint density at radius 3 is 2.47 bits per heavy atom. The predicted octanol–water partition coefficient (Wildman–Crippen LogP) is 3.70. The van der Waals surface area contributed by atoms with Crippen molar-refractivity contribution >= 4 is 28.3 Å². The molecule has 0 saturated heterocycles. The summed E-state index contributed by atoms with van der Waals surface area (Å²) in [6.07, 6.45) is 3.95. The third-order valence-corrected chi connectivity index (χ3v) is 2.65. The molecule has 4 heteroatoms. The van der Waals surface area contributed by atoms with E-state index in [1.807, 2.05) is 12.1 Å². The maximum Gasteiger partial charge on any atom is 0.0571 e. The van der Waals surface area contributed by atoms with Crippen molar-refractivity contribution in [3.05, 3.63) is 28.5 Å². The SMILES string of the molecule is CC(C)CC[C@@H](N)c1ccc(Br)cn1.Cl. The highest BCUT2D eigenvalue weighted by Gasteiger charge is 2.07. The molecule has 0 aliphatic rings. The normalized spacial score (nSPS) is 12.3. The average molecular weight is 294 g/mol. The summed E-state index contributed by atoms with van der Waals surface area (Å²) in [5, 5.41) is 0. The van der Waals surface area contributed by atoms with Crippen LogP contribution in [-0.4, -0.2) is 4.98 Å². The lowest BCUT2D eigenvalue weighted by Crippen LogP contribution is -2.12. The molecule has 0 spiro atoms. The topological polar surface area (TPSA) is 38.9 Å². The van der Waals surface area contributed by atoms with Crippen molar-refractivity contribution in [2.75, 3.05) is 0 Å². The molecule has 1 aromatic heterocycles. The van der Waals surface area contributed by atoms with E-state index in [1.54, 1.807) is 6.20 Å². The Morgan fingerprint density at radius 1 is 1.33 bits per heavy atom. The lowest BCUT2D eigenvalue weighted by atomic mass is 10.0. The van der Waals surface area contributed by atoms with E-state index >= 15 is 0 Å². The van der Waals surface area contributed by atoms with Gasteiger partial charge < -0.3 is 5.73 Å². The fourth-order valence-corrected chi connectivity index (χ4v) is 1.50. The Bertz CT molecular complexity index is 274. The summed E-state index contributed by atoms with van der Waals surface area (Å²) < 4.78 is 0.998. The van der Waals surface area contributed by atoms with Crippen LogP contribution in [0.3, 0.4) is 0 Å². The van der Waals surface area contributed by atoms with Gasteiger partial charge in [-0.15, -0.1) is 12.4 Å². The summed E-state index contributed by atoms with van der Waals surface area (Å²) in [7, 11) is 0. The maximum atomic E-state index is 6.02. The van der Waals surface area contributed by atoms with Crippen LogP contribution in [0.1, 0.15) is 38.4 Å². The van der Waals surface area contributed by atoms with Gasteiger partial charge in [0.15, 0.2) is 0 Å². The summed E-state index contributed by atoms with van der Waals surface area (Å²) >= 11 is 3.35. The Kier molecular flexibility index (Phi) is 7.14. The van der Waals surface area contributed by atoms with Crippen LogP contribution in [0.25, 0.3) is 0 Å². The molecule has 0 radical (unpaired) electrons. The average Bonchev–Trinajstić information content (AvgIpc) is 2.15. The molecular weight excluding hydrogens is 275 g/mol. The molecule has 0 fully saturated rings. The van der Waals surface area contributed by atoms with Crippen LogP contribution < -0.4 is 5.73 Å². The number of hydrogen-bond donors (Lipinski definition) is 1. The minimum Gasteiger partial charge on any atom is -0.323 e. The largest absolute Gasteiger partial charge is 0.323 e. The first kappa shape index (κ1) is 14.9. The Labute approximate surface area is 106 Å². The molecule has 0 unspecified atom stereocenters. The van der Waals surface area contributed by atoms with Crippen LogP contribution in [0, 0.1) is 5.92 Å². The van der Waals surface area contributed by atoms with Crippen LogP contribution in [0.2, 0.25) is 0 Å². The number of pyridine rings is 1. The first-order chi connectivity index (χ1) is 6.59. The highest BCUT2D eigenvalue weighted by molar-refractivity contribution is 9.10. The van der Waals surface area contributed by atoms with Crippen molar-refractivity contribution < 1.29 is 0 Å². The number of aromatic nitrogens is 1. The standard InChI is InChI=1S/C11H17BrN2.ClH/c1-8(2)3-5-10(13)11-6-4-9(12)7-14-11;/h4,6-8,10H,3,5,13H2,1-2H3;1H/t10-;/m1./s1. The Balaban J connectivity index is 0.00000196. The number of nitrogens with zero attached hydrogens (tertiary/aromatic N) is 1. The summed E-state index contributed by atoms with van der Waals surface area (Å²) in [6.45, 7) is 4.42. The van der Waals surface area contributed by atoms with Crippen LogP contribution >= 0.6 is 28.3 Å². The fourth-order valence-electron chi connectivity index (χ4n) is 1.27. The zero-order valence-corrected chi connectivity index (χ0v) is 11.5. The molecule has 0 aromatic carbocycles. The van der Waals surface area contributed by atoms with Crippen molar-refractivity contribution in [3.63, 3.8) is 0 Å². The number of rotatable bonds is 4. The molecule has 1 heterocycles. The van der Waals surface area contributed by atoms with Crippen LogP contribution in [-0.2, 0) is 0 Å². The molecule has 15 heavy (non-hydrogen) atoms. The zero-order valence-electron chi connectivity index (χ0n) is 9.11.